The topological polar surface area (TPSA) is 47.8 Å². The molecule has 0 aliphatic heterocycles. The van der Waals surface area contributed by atoms with Gasteiger partial charge in [0.2, 0.25) is 0 Å². The summed E-state index contributed by atoms with van der Waals surface area (Å²) in [5.41, 5.74) is -1.31. The van der Waals surface area contributed by atoms with E-state index in [0.29, 0.717) is 10.3 Å². The predicted octanol–water partition coefficient (Wildman–Crippen LogP) is 2.67. The average molecular weight is 304 g/mol. The van der Waals surface area contributed by atoms with Crippen molar-refractivity contribution in [3.05, 3.63) is 57.0 Å². The molecule has 0 amide bonds. The molecule has 0 radical (unpaired) electrons. The molecule has 0 saturated carbocycles. The third kappa shape index (κ3) is 3.16. The molecule has 0 fully saturated rings. The van der Waals surface area contributed by atoms with Crippen molar-refractivity contribution >= 4 is 11.6 Å². The summed E-state index contributed by atoms with van der Waals surface area (Å²) >= 11 is 5.73. The number of aryl methyl sites for hydroxylation is 1. The van der Waals surface area contributed by atoms with Gasteiger partial charge < -0.3 is 0 Å². The quantitative estimate of drug-likeness (QED) is 0.801. The number of aromatic nitrogens is 3. The fraction of sp³-hybridized carbons (Fsp3) is 0.250. The van der Waals surface area contributed by atoms with Crippen LogP contribution in [0.25, 0.3) is 0 Å². The Bertz CT molecular complexity index is 677. The SMILES string of the molecule is Cc1cc(Cl)nc(Cn2c(C(F)(F)F)cccc2=O)n1. The molecule has 2 aromatic heterocycles. The average Bonchev–Trinajstić information content (AvgIpc) is 2.29. The zero-order valence-corrected chi connectivity index (χ0v) is 11.0. The van der Waals surface area contributed by atoms with Crippen molar-refractivity contribution in [1.29, 1.82) is 0 Å². The number of hydrogen-bond donors (Lipinski definition) is 0. The normalized spacial score (nSPS) is 11.7. The Morgan fingerprint density at radius 3 is 2.60 bits per heavy atom. The van der Waals surface area contributed by atoms with E-state index in [0.717, 1.165) is 18.2 Å². The van der Waals surface area contributed by atoms with Crippen molar-refractivity contribution in [3.63, 3.8) is 0 Å². The first kappa shape index (κ1) is 14.5. The van der Waals surface area contributed by atoms with Crippen molar-refractivity contribution in [2.75, 3.05) is 0 Å². The zero-order chi connectivity index (χ0) is 14.9. The van der Waals surface area contributed by atoms with E-state index in [2.05, 4.69) is 9.97 Å². The lowest BCUT2D eigenvalue weighted by atomic mass is 10.3. The summed E-state index contributed by atoms with van der Waals surface area (Å²) in [6.45, 7) is 1.24. The molecule has 0 N–H and O–H groups in total. The summed E-state index contributed by atoms with van der Waals surface area (Å²) in [5, 5.41) is 0.116. The van der Waals surface area contributed by atoms with Crippen molar-refractivity contribution in [3.8, 4) is 0 Å². The van der Waals surface area contributed by atoms with Crippen LogP contribution in [0.4, 0.5) is 13.2 Å². The van der Waals surface area contributed by atoms with Crippen LogP contribution in [0.2, 0.25) is 5.15 Å². The summed E-state index contributed by atoms with van der Waals surface area (Å²) in [7, 11) is 0. The molecule has 0 spiro atoms. The Labute approximate surface area is 116 Å². The molecule has 0 bridgehead atoms. The van der Waals surface area contributed by atoms with Gasteiger partial charge in [-0.05, 0) is 19.1 Å². The zero-order valence-electron chi connectivity index (χ0n) is 10.3. The molecule has 0 atom stereocenters. The van der Waals surface area contributed by atoms with Crippen LogP contribution < -0.4 is 5.56 Å². The molecule has 2 rings (SSSR count). The van der Waals surface area contributed by atoms with E-state index in [1.165, 1.54) is 6.07 Å². The maximum absolute atomic E-state index is 12.9. The second-order valence-electron chi connectivity index (χ2n) is 4.08. The highest BCUT2D eigenvalue weighted by Gasteiger charge is 2.34. The second-order valence-corrected chi connectivity index (χ2v) is 4.47. The third-order valence-electron chi connectivity index (χ3n) is 2.51. The minimum atomic E-state index is -4.63. The second kappa shape index (κ2) is 5.24. The standard InChI is InChI=1S/C12H9ClF3N3O/c1-7-5-9(13)18-10(17-7)6-19-8(12(14,15)16)3-2-4-11(19)20/h2-5H,6H2,1H3. The van der Waals surface area contributed by atoms with Gasteiger partial charge in [-0.15, -0.1) is 0 Å². The molecule has 106 valence electrons. The Morgan fingerprint density at radius 2 is 2.00 bits per heavy atom. The Morgan fingerprint density at radius 1 is 1.30 bits per heavy atom. The van der Waals surface area contributed by atoms with Crippen LogP contribution in [0.5, 0.6) is 0 Å². The number of alkyl halides is 3. The van der Waals surface area contributed by atoms with E-state index in [4.69, 9.17) is 11.6 Å². The molecule has 0 aliphatic carbocycles. The molecule has 2 aromatic rings. The Kier molecular flexibility index (Phi) is 3.80. The monoisotopic (exact) mass is 303 g/mol. The van der Waals surface area contributed by atoms with Gasteiger partial charge in [-0.2, -0.15) is 13.2 Å². The number of hydrogen-bond acceptors (Lipinski definition) is 3. The summed E-state index contributed by atoms with van der Waals surface area (Å²) in [5.74, 6) is 0.0498. The molecule has 0 unspecified atom stereocenters. The third-order valence-corrected chi connectivity index (χ3v) is 2.70. The summed E-state index contributed by atoms with van der Waals surface area (Å²) < 4.78 is 39.2. The smallest absolute Gasteiger partial charge is 0.297 e. The lowest BCUT2D eigenvalue weighted by Gasteiger charge is -2.14. The van der Waals surface area contributed by atoms with Gasteiger partial charge in [0, 0.05) is 11.8 Å². The molecule has 8 heteroatoms. The van der Waals surface area contributed by atoms with E-state index in [1.54, 1.807) is 6.92 Å². The van der Waals surface area contributed by atoms with Gasteiger partial charge in [0.15, 0.2) is 0 Å². The highest BCUT2D eigenvalue weighted by Crippen LogP contribution is 2.28. The van der Waals surface area contributed by atoms with Crippen molar-refractivity contribution in [2.24, 2.45) is 0 Å². The highest BCUT2D eigenvalue weighted by molar-refractivity contribution is 6.29. The van der Waals surface area contributed by atoms with Gasteiger partial charge in [0.05, 0.1) is 6.54 Å². The first-order valence-electron chi connectivity index (χ1n) is 5.54. The first-order chi connectivity index (χ1) is 9.27. The summed E-state index contributed by atoms with van der Waals surface area (Å²) in [6.07, 6.45) is -4.63. The molecule has 0 saturated heterocycles. The van der Waals surface area contributed by atoms with Crippen LogP contribution in [0.1, 0.15) is 17.2 Å². The van der Waals surface area contributed by atoms with E-state index >= 15 is 0 Å². The van der Waals surface area contributed by atoms with Crippen LogP contribution in [-0.2, 0) is 12.7 Å². The van der Waals surface area contributed by atoms with Gasteiger partial charge in [-0.1, -0.05) is 17.7 Å². The number of nitrogens with zero attached hydrogens (tertiary/aromatic N) is 3. The van der Waals surface area contributed by atoms with Gasteiger partial charge in [-0.25, -0.2) is 9.97 Å². The van der Waals surface area contributed by atoms with Crippen molar-refractivity contribution in [1.82, 2.24) is 14.5 Å². The minimum Gasteiger partial charge on any atom is -0.297 e. The number of rotatable bonds is 2. The van der Waals surface area contributed by atoms with E-state index in [-0.39, 0.29) is 11.0 Å². The van der Waals surface area contributed by atoms with E-state index < -0.39 is 24.0 Å². The fourth-order valence-corrected chi connectivity index (χ4v) is 1.99. The largest absolute Gasteiger partial charge is 0.431 e. The van der Waals surface area contributed by atoms with Gasteiger partial charge in [0.1, 0.15) is 16.7 Å². The van der Waals surface area contributed by atoms with Crippen LogP contribution >= 0.6 is 11.6 Å². The Balaban J connectivity index is 2.51. The first-order valence-corrected chi connectivity index (χ1v) is 5.92. The van der Waals surface area contributed by atoms with Crippen LogP contribution in [0.3, 0.4) is 0 Å². The van der Waals surface area contributed by atoms with Crippen molar-refractivity contribution < 1.29 is 13.2 Å². The lowest BCUT2D eigenvalue weighted by Crippen LogP contribution is -2.28. The fourth-order valence-electron chi connectivity index (χ4n) is 1.73. The maximum atomic E-state index is 12.9. The van der Waals surface area contributed by atoms with Crippen LogP contribution in [0.15, 0.2) is 29.1 Å². The van der Waals surface area contributed by atoms with Crippen LogP contribution in [0, 0.1) is 6.92 Å². The highest BCUT2D eigenvalue weighted by atomic mass is 35.5. The van der Waals surface area contributed by atoms with Gasteiger partial charge >= 0.3 is 6.18 Å². The lowest BCUT2D eigenvalue weighted by molar-refractivity contribution is -0.144. The minimum absolute atomic E-state index is 0.0498. The van der Waals surface area contributed by atoms with Crippen LogP contribution in [-0.4, -0.2) is 14.5 Å². The molecule has 0 aliphatic rings. The molecular weight excluding hydrogens is 295 g/mol. The number of pyridine rings is 1. The van der Waals surface area contributed by atoms with E-state index in [9.17, 15) is 18.0 Å². The summed E-state index contributed by atoms with van der Waals surface area (Å²) in [6, 6.07) is 4.42. The molecule has 2 heterocycles. The predicted molar refractivity (Wildman–Crippen MR) is 66.6 cm³/mol. The van der Waals surface area contributed by atoms with Crippen molar-refractivity contribution in [2.45, 2.75) is 19.6 Å². The molecule has 20 heavy (non-hydrogen) atoms. The maximum Gasteiger partial charge on any atom is 0.431 e. The summed E-state index contributed by atoms with van der Waals surface area (Å²) in [4.78, 5) is 19.4. The van der Waals surface area contributed by atoms with E-state index in [1.807, 2.05) is 0 Å². The van der Waals surface area contributed by atoms with Gasteiger partial charge in [0.25, 0.3) is 5.56 Å². The molecular formula is C12H9ClF3N3O. The Hall–Kier alpha value is -1.89. The van der Waals surface area contributed by atoms with Gasteiger partial charge in [-0.3, -0.25) is 9.36 Å². The molecule has 4 nitrogen and oxygen atoms in total. The molecule has 0 aromatic carbocycles. The number of halogens is 4.